The average Bonchev–Trinajstić information content (AvgIpc) is 2.88. The molecular weight excluding hydrogens is 232 g/mol. The molecule has 1 aliphatic carbocycles. The highest BCUT2D eigenvalue weighted by Crippen LogP contribution is 2.40. The minimum atomic E-state index is 0.288. The summed E-state index contributed by atoms with van der Waals surface area (Å²) >= 11 is 1.70. The topological polar surface area (TPSA) is 34.1 Å². The number of ether oxygens (including phenoxy) is 1. The summed E-state index contributed by atoms with van der Waals surface area (Å²) in [6, 6.07) is 6.07. The quantitative estimate of drug-likeness (QED) is 0.896. The fourth-order valence-corrected chi connectivity index (χ4v) is 2.83. The highest BCUT2D eigenvalue weighted by Gasteiger charge is 2.37. The Morgan fingerprint density at radius 1 is 1.47 bits per heavy atom. The molecular formula is C13H16N2OS. The Labute approximate surface area is 105 Å². The predicted molar refractivity (Wildman–Crippen MR) is 72.1 cm³/mol. The van der Waals surface area contributed by atoms with E-state index in [1.54, 1.807) is 11.3 Å². The molecule has 1 heterocycles. The third-order valence-corrected chi connectivity index (χ3v) is 4.01. The van der Waals surface area contributed by atoms with Crippen molar-refractivity contribution in [2.75, 3.05) is 11.9 Å². The lowest BCUT2D eigenvalue weighted by molar-refractivity contribution is 0.341. The van der Waals surface area contributed by atoms with Crippen LogP contribution in [0.15, 0.2) is 18.2 Å². The highest BCUT2D eigenvalue weighted by atomic mass is 32.1. The van der Waals surface area contributed by atoms with Gasteiger partial charge >= 0.3 is 0 Å². The molecule has 1 saturated carbocycles. The van der Waals surface area contributed by atoms with E-state index in [0.29, 0.717) is 6.61 Å². The number of anilines is 1. The number of nitrogens with zero attached hydrogens (tertiary/aromatic N) is 1. The summed E-state index contributed by atoms with van der Waals surface area (Å²) in [6.45, 7) is 4.94. The molecule has 2 aromatic rings. The molecule has 1 aliphatic rings. The Balaban J connectivity index is 1.89. The van der Waals surface area contributed by atoms with Crippen LogP contribution in [0.5, 0.6) is 5.75 Å². The van der Waals surface area contributed by atoms with Crippen LogP contribution in [-0.2, 0) is 0 Å². The summed E-state index contributed by atoms with van der Waals surface area (Å²) in [7, 11) is 0. The lowest BCUT2D eigenvalue weighted by atomic mass is 10.3. The van der Waals surface area contributed by atoms with Gasteiger partial charge in [-0.1, -0.05) is 11.3 Å². The van der Waals surface area contributed by atoms with E-state index in [4.69, 9.17) is 4.74 Å². The second-order valence-electron chi connectivity index (χ2n) is 4.77. The lowest BCUT2D eigenvalue weighted by Gasteiger charge is -2.08. The molecule has 0 spiro atoms. The molecule has 0 atom stereocenters. The monoisotopic (exact) mass is 248 g/mol. The van der Waals surface area contributed by atoms with Crippen LogP contribution in [0.4, 0.5) is 5.13 Å². The Hall–Kier alpha value is -1.29. The average molecular weight is 248 g/mol. The molecule has 3 rings (SSSR count). The van der Waals surface area contributed by atoms with Crippen LogP contribution < -0.4 is 10.1 Å². The van der Waals surface area contributed by atoms with Gasteiger partial charge in [-0.2, -0.15) is 0 Å². The van der Waals surface area contributed by atoms with Crippen molar-refractivity contribution in [3.8, 4) is 5.75 Å². The first-order valence-electron chi connectivity index (χ1n) is 6.00. The number of benzene rings is 1. The first-order chi connectivity index (χ1) is 8.18. The maximum Gasteiger partial charge on any atom is 0.184 e. The largest absolute Gasteiger partial charge is 0.494 e. The van der Waals surface area contributed by atoms with E-state index in [9.17, 15) is 0 Å². The number of thiazole rings is 1. The van der Waals surface area contributed by atoms with E-state index in [0.717, 1.165) is 16.4 Å². The maximum atomic E-state index is 5.49. The molecule has 0 amide bonds. The van der Waals surface area contributed by atoms with Crippen molar-refractivity contribution < 1.29 is 4.74 Å². The Morgan fingerprint density at radius 2 is 2.29 bits per heavy atom. The Bertz CT molecular complexity index is 545. The molecule has 1 aromatic heterocycles. The molecule has 1 aromatic carbocycles. The van der Waals surface area contributed by atoms with Crippen molar-refractivity contribution in [2.24, 2.45) is 0 Å². The fraction of sp³-hybridized carbons (Fsp3) is 0.462. The van der Waals surface area contributed by atoms with Crippen molar-refractivity contribution in [3.63, 3.8) is 0 Å². The van der Waals surface area contributed by atoms with Crippen molar-refractivity contribution in [1.82, 2.24) is 4.98 Å². The number of hydrogen-bond acceptors (Lipinski definition) is 4. The third kappa shape index (κ3) is 2.22. The fourth-order valence-electron chi connectivity index (χ4n) is 1.79. The maximum absolute atomic E-state index is 5.49. The van der Waals surface area contributed by atoms with Crippen LogP contribution in [0, 0.1) is 0 Å². The van der Waals surface area contributed by atoms with Gasteiger partial charge in [0.2, 0.25) is 0 Å². The van der Waals surface area contributed by atoms with Gasteiger partial charge in [-0.25, -0.2) is 4.98 Å². The SMILES string of the molecule is CCOc1ccc2nc(NC3(C)CC3)sc2c1. The zero-order valence-corrected chi connectivity index (χ0v) is 10.9. The highest BCUT2D eigenvalue weighted by molar-refractivity contribution is 7.22. The Kier molecular flexibility index (Phi) is 2.47. The smallest absolute Gasteiger partial charge is 0.184 e. The second kappa shape index (κ2) is 3.88. The van der Waals surface area contributed by atoms with Crippen LogP contribution in [-0.4, -0.2) is 17.1 Å². The first kappa shape index (κ1) is 10.8. The summed E-state index contributed by atoms with van der Waals surface area (Å²) in [5.74, 6) is 0.924. The van der Waals surface area contributed by atoms with Crippen molar-refractivity contribution >= 4 is 26.7 Å². The van der Waals surface area contributed by atoms with Gasteiger partial charge in [-0.05, 0) is 44.9 Å². The van der Waals surface area contributed by atoms with Crippen molar-refractivity contribution in [3.05, 3.63) is 18.2 Å². The third-order valence-electron chi connectivity index (χ3n) is 3.08. The lowest BCUT2D eigenvalue weighted by Crippen LogP contribution is -2.15. The predicted octanol–water partition coefficient (Wildman–Crippen LogP) is 3.66. The second-order valence-corrected chi connectivity index (χ2v) is 5.80. The summed E-state index contributed by atoms with van der Waals surface area (Å²) in [5, 5.41) is 4.52. The van der Waals surface area contributed by atoms with Crippen molar-refractivity contribution in [1.29, 1.82) is 0 Å². The van der Waals surface area contributed by atoms with E-state index in [1.165, 1.54) is 17.5 Å². The number of rotatable bonds is 4. The van der Waals surface area contributed by atoms with Gasteiger partial charge in [-0.15, -0.1) is 0 Å². The van der Waals surface area contributed by atoms with Crippen LogP contribution in [0.1, 0.15) is 26.7 Å². The molecule has 4 heteroatoms. The summed E-state index contributed by atoms with van der Waals surface area (Å²) in [4.78, 5) is 4.59. The Morgan fingerprint density at radius 3 is 3.00 bits per heavy atom. The minimum Gasteiger partial charge on any atom is -0.494 e. The molecule has 90 valence electrons. The van der Waals surface area contributed by atoms with E-state index >= 15 is 0 Å². The van der Waals surface area contributed by atoms with Gasteiger partial charge in [0.25, 0.3) is 0 Å². The van der Waals surface area contributed by atoms with E-state index in [2.05, 4.69) is 23.3 Å². The van der Waals surface area contributed by atoms with Crippen LogP contribution in [0.25, 0.3) is 10.2 Å². The van der Waals surface area contributed by atoms with Crippen LogP contribution >= 0.6 is 11.3 Å². The van der Waals surface area contributed by atoms with Gasteiger partial charge in [-0.3, -0.25) is 0 Å². The van der Waals surface area contributed by atoms with Gasteiger partial charge in [0.1, 0.15) is 5.75 Å². The number of nitrogens with one attached hydrogen (secondary N) is 1. The summed E-state index contributed by atoms with van der Waals surface area (Å²) in [5.41, 5.74) is 1.33. The minimum absolute atomic E-state index is 0.288. The van der Waals surface area contributed by atoms with Gasteiger partial charge < -0.3 is 10.1 Å². The van der Waals surface area contributed by atoms with Gasteiger partial charge in [0, 0.05) is 5.54 Å². The molecule has 1 N–H and O–H groups in total. The van der Waals surface area contributed by atoms with Crippen LogP contribution in [0.2, 0.25) is 0 Å². The molecule has 17 heavy (non-hydrogen) atoms. The molecule has 0 unspecified atom stereocenters. The number of fused-ring (bicyclic) bond motifs is 1. The molecule has 0 saturated heterocycles. The molecule has 0 radical (unpaired) electrons. The zero-order chi connectivity index (χ0) is 11.9. The molecule has 0 bridgehead atoms. The molecule has 1 fully saturated rings. The number of hydrogen-bond donors (Lipinski definition) is 1. The van der Waals surface area contributed by atoms with Gasteiger partial charge in [0.15, 0.2) is 5.13 Å². The van der Waals surface area contributed by atoms with E-state index < -0.39 is 0 Å². The van der Waals surface area contributed by atoms with Crippen LogP contribution in [0.3, 0.4) is 0 Å². The standard InChI is InChI=1S/C13H16N2OS/c1-3-16-9-4-5-10-11(8-9)17-12(14-10)15-13(2)6-7-13/h4-5,8H,3,6-7H2,1-2H3,(H,14,15). The summed E-state index contributed by atoms with van der Waals surface area (Å²) in [6.07, 6.45) is 2.49. The van der Waals surface area contributed by atoms with Gasteiger partial charge in [0.05, 0.1) is 16.8 Å². The van der Waals surface area contributed by atoms with E-state index in [-0.39, 0.29) is 5.54 Å². The molecule has 0 aliphatic heterocycles. The van der Waals surface area contributed by atoms with Crippen molar-refractivity contribution in [2.45, 2.75) is 32.2 Å². The normalized spacial score (nSPS) is 17.1. The van der Waals surface area contributed by atoms with E-state index in [1.807, 2.05) is 19.1 Å². The zero-order valence-electron chi connectivity index (χ0n) is 10.1. The number of aromatic nitrogens is 1. The molecule has 3 nitrogen and oxygen atoms in total. The summed E-state index contributed by atoms with van der Waals surface area (Å²) < 4.78 is 6.68. The first-order valence-corrected chi connectivity index (χ1v) is 6.82.